The SMILES string of the molecule is CCCCc1cc(C)c2c(c1)OCC(=O)CO2. The van der Waals surface area contributed by atoms with Crippen LogP contribution in [0.2, 0.25) is 0 Å². The molecule has 17 heavy (non-hydrogen) atoms. The van der Waals surface area contributed by atoms with Gasteiger partial charge in [0.2, 0.25) is 5.78 Å². The van der Waals surface area contributed by atoms with E-state index in [4.69, 9.17) is 9.47 Å². The van der Waals surface area contributed by atoms with Crippen LogP contribution < -0.4 is 9.47 Å². The Kier molecular flexibility index (Phi) is 3.67. The predicted octanol–water partition coefficient (Wildman–Crippen LogP) is 2.68. The van der Waals surface area contributed by atoms with Crippen molar-refractivity contribution in [3.63, 3.8) is 0 Å². The summed E-state index contributed by atoms with van der Waals surface area (Å²) in [5.41, 5.74) is 2.30. The van der Waals surface area contributed by atoms with Crippen molar-refractivity contribution in [1.82, 2.24) is 0 Å². The van der Waals surface area contributed by atoms with Crippen LogP contribution in [0.25, 0.3) is 0 Å². The lowest BCUT2D eigenvalue weighted by Crippen LogP contribution is -2.15. The number of ether oxygens (including phenoxy) is 2. The molecule has 0 unspecified atom stereocenters. The smallest absolute Gasteiger partial charge is 0.207 e. The largest absolute Gasteiger partial charge is 0.482 e. The van der Waals surface area contributed by atoms with Crippen molar-refractivity contribution in [2.24, 2.45) is 0 Å². The highest BCUT2D eigenvalue weighted by Gasteiger charge is 2.17. The zero-order valence-corrected chi connectivity index (χ0v) is 10.4. The predicted molar refractivity (Wildman–Crippen MR) is 65.8 cm³/mol. The van der Waals surface area contributed by atoms with Gasteiger partial charge in [0.25, 0.3) is 0 Å². The number of benzene rings is 1. The number of rotatable bonds is 3. The van der Waals surface area contributed by atoms with E-state index in [0.29, 0.717) is 5.75 Å². The molecule has 1 aliphatic rings. The Labute approximate surface area is 102 Å². The van der Waals surface area contributed by atoms with Gasteiger partial charge in [0.05, 0.1) is 0 Å². The van der Waals surface area contributed by atoms with Crippen LogP contribution in [-0.2, 0) is 11.2 Å². The number of carbonyl (C=O) groups is 1. The van der Waals surface area contributed by atoms with Gasteiger partial charge in [-0.15, -0.1) is 0 Å². The number of unbranched alkanes of at least 4 members (excludes halogenated alkanes) is 1. The van der Waals surface area contributed by atoms with Crippen LogP contribution in [0.5, 0.6) is 11.5 Å². The van der Waals surface area contributed by atoms with Crippen LogP contribution in [0.1, 0.15) is 30.9 Å². The van der Waals surface area contributed by atoms with Gasteiger partial charge in [0.15, 0.2) is 24.7 Å². The molecule has 0 aromatic heterocycles. The molecule has 1 heterocycles. The molecular weight excluding hydrogens is 216 g/mol. The average Bonchev–Trinajstić information content (AvgIpc) is 2.50. The molecule has 0 radical (unpaired) electrons. The van der Waals surface area contributed by atoms with Crippen molar-refractivity contribution in [1.29, 1.82) is 0 Å². The van der Waals surface area contributed by atoms with E-state index < -0.39 is 0 Å². The van der Waals surface area contributed by atoms with Gasteiger partial charge in [-0.05, 0) is 37.0 Å². The maximum absolute atomic E-state index is 11.3. The minimum Gasteiger partial charge on any atom is -0.482 e. The van der Waals surface area contributed by atoms with Crippen LogP contribution in [0.4, 0.5) is 0 Å². The summed E-state index contributed by atoms with van der Waals surface area (Å²) >= 11 is 0. The summed E-state index contributed by atoms with van der Waals surface area (Å²) < 4.78 is 11.0. The molecule has 0 aliphatic carbocycles. The van der Waals surface area contributed by atoms with Crippen LogP contribution in [0.15, 0.2) is 12.1 Å². The van der Waals surface area contributed by atoms with Gasteiger partial charge < -0.3 is 9.47 Å². The first kappa shape index (κ1) is 12.0. The van der Waals surface area contributed by atoms with E-state index in [2.05, 4.69) is 13.0 Å². The highest BCUT2D eigenvalue weighted by molar-refractivity contribution is 5.82. The van der Waals surface area contributed by atoms with Gasteiger partial charge >= 0.3 is 0 Å². The fourth-order valence-corrected chi connectivity index (χ4v) is 1.98. The van der Waals surface area contributed by atoms with Gasteiger partial charge in [-0.1, -0.05) is 19.4 Å². The van der Waals surface area contributed by atoms with Gasteiger partial charge in [-0.3, -0.25) is 4.79 Å². The Morgan fingerprint density at radius 3 is 2.76 bits per heavy atom. The third-order valence-corrected chi connectivity index (χ3v) is 2.89. The summed E-state index contributed by atoms with van der Waals surface area (Å²) in [4.78, 5) is 11.3. The second-order valence-corrected chi connectivity index (χ2v) is 4.46. The summed E-state index contributed by atoms with van der Waals surface area (Å²) in [6.45, 7) is 4.40. The molecule has 0 saturated carbocycles. The third-order valence-electron chi connectivity index (χ3n) is 2.89. The average molecular weight is 234 g/mol. The standard InChI is InChI=1S/C14H18O3/c1-3-4-5-11-6-10(2)14-13(7-11)16-8-12(15)9-17-14/h6-7H,3-5,8-9H2,1-2H3. The minimum atomic E-state index is -0.0179. The number of hydrogen-bond donors (Lipinski definition) is 0. The normalized spacial score (nSPS) is 14.6. The van der Waals surface area contributed by atoms with Crippen molar-refractivity contribution in [3.8, 4) is 11.5 Å². The molecule has 92 valence electrons. The molecule has 1 aliphatic heterocycles. The number of aryl methyl sites for hydroxylation is 2. The van der Waals surface area contributed by atoms with E-state index in [9.17, 15) is 4.79 Å². The maximum Gasteiger partial charge on any atom is 0.207 e. The van der Waals surface area contributed by atoms with E-state index in [1.807, 2.05) is 13.0 Å². The van der Waals surface area contributed by atoms with Crippen LogP contribution >= 0.6 is 0 Å². The Bertz CT molecular complexity index is 424. The van der Waals surface area contributed by atoms with Gasteiger partial charge in [0.1, 0.15) is 0 Å². The second-order valence-electron chi connectivity index (χ2n) is 4.46. The Hall–Kier alpha value is -1.51. The molecule has 0 bridgehead atoms. The minimum absolute atomic E-state index is 0.0179. The summed E-state index contributed by atoms with van der Waals surface area (Å²) in [7, 11) is 0. The molecule has 0 saturated heterocycles. The molecule has 1 aromatic rings. The summed E-state index contributed by atoms with van der Waals surface area (Å²) in [6, 6.07) is 4.12. The lowest BCUT2D eigenvalue weighted by Gasteiger charge is -2.12. The molecule has 0 atom stereocenters. The zero-order chi connectivity index (χ0) is 12.3. The Morgan fingerprint density at radius 2 is 2.00 bits per heavy atom. The molecule has 0 spiro atoms. The molecule has 3 nitrogen and oxygen atoms in total. The van der Waals surface area contributed by atoms with Crippen LogP contribution in [-0.4, -0.2) is 19.0 Å². The molecule has 0 amide bonds. The van der Waals surface area contributed by atoms with E-state index in [1.54, 1.807) is 0 Å². The fraction of sp³-hybridized carbons (Fsp3) is 0.500. The number of carbonyl (C=O) groups excluding carboxylic acids is 1. The van der Waals surface area contributed by atoms with Crippen molar-refractivity contribution < 1.29 is 14.3 Å². The highest BCUT2D eigenvalue weighted by Crippen LogP contribution is 2.34. The maximum atomic E-state index is 11.3. The van der Waals surface area contributed by atoms with E-state index in [0.717, 1.165) is 24.2 Å². The van der Waals surface area contributed by atoms with Crippen molar-refractivity contribution in [3.05, 3.63) is 23.3 Å². The summed E-state index contributed by atoms with van der Waals surface area (Å²) in [6.07, 6.45) is 3.38. The van der Waals surface area contributed by atoms with Gasteiger partial charge in [0, 0.05) is 0 Å². The Balaban J connectivity index is 2.26. The van der Waals surface area contributed by atoms with Crippen LogP contribution in [0, 0.1) is 6.92 Å². The first-order chi connectivity index (χ1) is 8.20. The van der Waals surface area contributed by atoms with E-state index >= 15 is 0 Å². The first-order valence-electron chi connectivity index (χ1n) is 6.11. The number of fused-ring (bicyclic) bond motifs is 1. The summed E-state index contributed by atoms with van der Waals surface area (Å²) in [5, 5.41) is 0. The molecule has 0 N–H and O–H groups in total. The van der Waals surface area contributed by atoms with Gasteiger partial charge in [-0.25, -0.2) is 0 Å². The molecule has 2 rings (SSSR count). The highest BCUT2D eigenvalue weighted by atomic mass is 16.5. The number of ketones is 1. The molecule has 1 aromatic carbocycles. The molecule has 0 fully saturated rings. The molecule has 3 heteroatoms. The lowest BCUT2D eigenvalue weighted by molar-refractivity contribution is -0.122. The lowest BCUT2D eigenvalue weighted by atomic mass is 10.0. The van der Waals surface area contributed by atoms with Crippen molar-refractivity contribution in [2.75, 3.05) is 13.2 Å². The van der Waals surface area contributed by atoms with E-state index in [-0.39, 0.29) is 19.0 Å². The van der Waals surface area contributed by atoms with Crippen molar-refractivity contribution >= 4 is 5.78 Å². The number of hydrogen-bond acceptors (Lipinski definition) is 3. The summed E-state index contributed by atoms with van der Waals surface area (Å²) in [5.74, 6) is 1.41. The number of Topliss-reactive ketones (excluding diaryl/α,β-unsaturated/α-hetero) is 1. The topological polar surface area (TPSA) is 35.5 Å². The third kappa shape index (κ3) is 2.78. The fourth-order valence-electron chi connectivity index (χ4n) is 1.98. The first-order valence-corrected chi connectivity index (χ1v) is 6.11. The quantitative estimate of drug-likeness (QED) is 0.806. The van der Waals surface area contributed by atoms with Crippen molar-refractivity contribution in [2.45, 2.75) is 33.1 Å². The zero-order valence-electron chi connectivity index (χ0n) is 10.4. The van der Waals surface area contributed by atoms with E-state index in [1.165, 1.54) is 12.0 Å². The second kappa shape index (κ2) is 5.21. The molecular formula is C14H18O3. The Morgan fingerprint density at radius 1 is 1.24 bits per heavy atom. The monoisotopic (exact) mass is 234 g/mol. The van der Waals surface area contributed by atoms with Gasteiger partial charge in [-0.2, -0.15) is 0 Å². The van der Waals surface area contributed by atoms with Crippen LogP contribution in [0.3, 0.4) is 0 Å².